The molecule has 1 aromatic heterocycles. The summed E-state index contributed by atoms with van der Waals surface area (Å²) < 4.78 is 0. The summed E-state index contributed by atoms with van der Waals surface area (Å²) in [7, 11) is 0. The van der Waals surface area contributed by atoms with Gasteiger partial charge in [0.25, 0.3) is 0 Å². The minimum atomic E-state index is 0.754. The van der Waals surface area contributed by atoms with E-state index in [1.54, 1.807) is 11.9 Å². The fraction of sp³-hybridized carbons (Fsp3) is 0.643. The summed E-state index contributed by atoms with van der Waals surface area (Å²) in [6, 6.07) is 0. The maximum atomic E-state index is 4.09. The molecule has 1 saturated carbocycles. The summed E-state index contributed by atoms with van der Waals surface area (Å²) in [5, 5.41) is 0. The van der Waals surface area contributed by atoms with E-state index in [0.717, 1.165) is 18.3 Å². The zero-order valence-corrected chi connectivity index (χ0v) is 9.78. The van der Waals surface area contributed by atoms with Gasteiger partial charge >= 0.3 is 0 Å². The van der Waals surface area contributed by atoms with Crippen LogP contribution >= 0.6 is 0 Å². The summed E-state index contributed by atoms with van der Waals surface area (Å²) in [6.45, 7) is 0. The SMILES string of the molecule is C1=C2CCCC[C@H]2CC[C@@H]1Cc1cnc[nH]1. The first-order valence-corrected chi connectivity index (χ1v) is 6.59. The van der Waals surface area contributed by atoms with E-state index >= 15 is 0 Å². The van der Waals surface area contributed by atoms with Gasteiger partial charge in [0.2, 0.25) is 0 Å². The van der Waals surface area contributed by atoms with Crippen molar-refractivity contribution in [1.29, 1.82) is 0 Å². The molecule has 1 heterocycles. The van der Waals surface area contributed by atoms with E-state index in [9.17, 15) is 0 Å². The first kappa shape index (κ1) is 10.1. The number of allylic oxidation sites excluding steroid dienone is 2. The lowest BCUT2D eigenvalue weighted by atomic mass is 9.74. The van der Waals surface area contributed by atoms with Gasteiger partial charge in [0, 0.05) is 11.9 Å². The van der Waals surface area contributed by atoms with Crippen molar-refractivity contribution >= 4 is 0 Å². The van der Waals surface area contributed by atoms with Crippen molar-refractivity contribution < 1.29 is 0 Å². The van der Waals surface area contributed by atoms with Crippen LogP contribution in [0.25, 0.3) is 0 Å². The molecule has 0 aliphatic heterocycles. The number of fused-ring (bicyclic) bond motifs is 1. The minimum absolute atomic E-state index is 0.754. The fourth-order valence-corrected chi connectivity index (χ4v) is 3.30. The van der Waals surface area contributed by atoms with Gasteiger partial charge in [-0.3, -0.25) is 0 Å². The van der Waals surface area contributed by atoms with Crippen LogP contribution in [0.3, 0.4) is 0 Å². The Morgan fingerprint density at radius 1 is 1.25 bits per heavy atom. The predicted molar refractivity (Wildman–Crippen MR) is 65.1 cm³/mol. The van der Waals surface area contributed by atoms with Crippen molar-refractivity contribution in [3.05, 3.63) is 29.9 Å². The van der Waals surface area contributed by atoms with E-state index in [0.29, 0.717) is 0 Å². The Morgan fingerprint density at radius 3 is 3.12 bits per heavy atom. The molecule has 0 radical (unpaired) electrons. The van der Waals surface area contributed by atoms with Crippen molar-refractivity contribution in [3.63, 3.8) is 0 Å². The molecule has 0 aromatic carbocycles. The van der Waals surface area contributed by atoms with Gasteiger partial charge in [0.15, 0.2) is 0 Å². The summed E-state index contributed by atoms with van der Waals surface area (Å²) in [6.07, 6.45) is 15.9. The molecule has 16 heavy (non-hydrogen) atoms. The number of aromatic nitrogens is 2. The third kappa shape index (κ3) is 2.06. The lowest BCUT2D eigenvalue weighted by molar-refractivity contribution is 0.362. The zero-order valence-electron chi connectivity index (χ0n) is 9.78. The first-order valence-electron chi connectivity index (χ1n) is 6.59. The second-order valence-corrected chi connectivity index (χ2v) is 5.30. The molecule has 0 saturated heterocycles. The lowest BCUT2D eigenvalue weighted by Gasteiger charge is -2.32. The van der Waals surface area contributed by atoms with E-state index in [4.69, 9.17) is 0 Å². The third-order valence-corrected chi connectivity index (χ3v) is 4.17. The van der Waals surface area contributed by atoms with Crippen LogP contribution in [0.5, 0.6) is 0 Å². The Hall–Kier alpha value is -1.05. The number of aromatic amines is 1. The van der Waals surface area contributed by atoms with Crippen molar-refractivity contribution in [2.75, 3.05) is 0 Å². The van der Waals surface area contributed by atoms with Crippen LogP contribution in [0.4, 0.5) is 0 Å². The Kier molecular flexibility index (Phi) is 2.81. The molecule has 0 unspecified atom stereocenters. The second kappa shape index (κ2) is 4.44. The second-order valence-electron chi connectivity index (χ2n) is 5.30. The number of hydrogen-bond acceptors (Lipinski definition) is 1. The number of H-pyrrole nitrogens is 1. The van der Waals surface area contributed by atoms with Crippen molar-refractivity contribution in [3.8, 4) is 0 Å². The number of imidazole rings is 1. The molecule has 0 spiro atoms. The molecule has 2 aliphatic carbocycles. The molecule has 1 aromatic rings. The lowest BCUT2D eigenvalue weighted by Crippen LogP contribution is -2.18. The number of rotatable bonds is 2. The van der Waals surface area contributed by atoms with Crippen LogP contribution in [0, 0.1) is 11.8 Å². The monoisotopic (exact) mass is 216 g/mol. The standard InChI is InChI=1S/C14H20N2/c1-2-4-13-7-11(5-6-12(13)3-1)8-14-9-15-10-16-14/h7,9-12H,1-6,8H2,(H,15,16)/t11-,12-/m0/s1. The van der Waals surface area contributed by atoms with E-state index < -0.39 is 0 Å². The van der Waals surface area contributed by atoms with E-state index in [1.807, 2.05) is 6.20 Å². The fourth-order valence-electron chi connectivity index (χ4n) is 3.30. The number of nitrogens with zero attached hydrogens (tertiary/aromatic N) is 1. The maximum absolute atomic E-state index is 4.09. The molecule has 86 valence electrons. The topological polar surface area (TPSA) is 28.7 Å². The van der Waals surface area contributed by atoms with Crippen molar-refractivity contribution in [1.82, 2.24) is 9.97 Å². The molecular weight excluding hydrogens is 196 g/mol. The first-order chi connectivity index (χ1) is 7.92. The summed E-state index contributed by atoms with van der Waals surface area (Å²) in [5.41, 5.74) is 3.05. The van der Waals surface area contributed by atoms with Gasteiger partial charge in [0.1, 0.15) is 0 Å². The van der Waals surface area contributed by atoms with Crippen LogP contribution in [-0.2, 0) is 6.42 Å². The Bertz CT molecular complexity index is 364. The molecule has 0 amide bonds. The summed E-state index contributed by atoms with van der Waals surface area (Å²) >= 11 is 0. The molecule has 1 fully saturated rings. The van der Waals surface area contributed by atoms with Gasteiger partial charge in [-0.05, 0) is 50.4 Å². The highest BCUT2D eigenvalue weighted by Crippen LogP contribution is 2.38. The maximum Gasteiger partial charge on any atom is 0.0921 e. The minimum Gasteiger partial charge on any atom is -0.348 e. The Morgan fingerprint density at radius 2 is 2.25 bits per heavy atom. The molecule has 0 bridgehead atoms. The van der Waals surface area contributed by atoms with E-state index in [2.05, 4.69) is 16.0 Å². The third-order valence-electron chi connectivity index (χ3n) is 4.17. The molecular formula is C14H20N2. The Labute approximate surface area is 97.2 Å². The average Bonchev–Trinajstić information content (AvgIpc) is 2.82. The van der Waals surface area contributed by atoms with Gasteiger partial charge in [0.05, 0.1) is 6.33 Å². The summed E-state index contributed by atoms with van der Waals surface area (Å²) in [4.78, 5) is 7.31. The van der Waals surface area contributed by atoms with Gasteiger partial charge in [-0.2, -0.15) is 0 Å². The predicted octanol–water partition coefficient (Wildman–Crippen LogP) is 3.48. The highest BCUT2D eigenvalue weighted by molar-refractivity contribution is 5.15. The van der Waals surface area contributed by atoms with Crippen LogP contribution in [-0.4, -0.2) is 9.97 Å². The molecule has 2 aliphatic rings. The van der Waals surface area contributed by atoms with Crippen molar-refractivity contribution in [2.24, 2.45) is 11.8 Å². The number of nitrogens with one attached hydrogen (secondary N) is 1. The zero-order chi connectivity index (χ0) is 10.8. The molecule has 2 nitrogen and oxygen atoms in total. The van der Waals surface area contributed by atoms with Gasteiger partial charge in [-0.15, -0.1) is 0 Å². The largest absolute Gasteiger partial charge is 0.348 e. The van der Waals surface area contributed by atoms with Crippen LogP contribution in [0.15, 0.2) is 24.2 Å². The van der Waals surface area contributed by atoms with Gasteiger partial charge in [-0.25, -0.2) is 4.98 Å². The molecule has 3 rings (SSSR count). The van der Waals surface area contributed by atoms with Crippen molar-refractivity contribution in [2.45, 2.75) is 44.9 Å². The Balaban J connectivity index is 1.69. The molecule has 1 N–H and O–H groups in total. The normalized spacial score (nSPS) is 29.6. The smallest absolute Gasteiger partial charge is 0.0921 e. The summed E-state index contributed by atoms with van der Waals surface area (Å²) in [5.74, 6) is 1.69. The van der Waals surface area contributed by atoms with Crippen LogP contribution in [0.1, 0.15) is 44.2 Å². The number of hydrogen-bond donors (Lipinski definition) is 1. The highest BCUT2D eigenvalue weighted by Gasteiger charge is 2.25. The van der Waals surface area contributed by atoms with Crippen LogP contribution in [0.2, 0.25) is 0 Å². The average molecular weight is 216 g/mol. The van der Waals surface area contributed by atoms with E-state index in [1.165, 1.54) is 44.2 Å². The van der Waals surface area contributed by atoms with Crippen LogP contribution < -0.4 is 0 Å². The molecule has 2 atom stereocenters. The highest BCUT2D eigenvalue weighted by atomic mass is 14.9. The quantitative estimate of drug-likeness (QED) is 0.753. The van der Waals surface area contributed by atoms with Gasteiger partial charge in [-0.1, -0.05) is 18.1 Å². The van der Waals surface area contributed by atoms with Gasteiger partial charge < -0.3 is 4.98 Å². The van der Waals surface area contributed by atoms with E-state index in [-0.39, 0.29) is 0 Å². The molecule has 2 heteroatoms.